The summed E-state index contributed by atoms with van der Waals surface area (Å²) in [6, 6.07) is 0. The first kappa shape index (κ1) is 31.3. The summed E-state index contributed by atoms with van der Waals surface area (Å²) < 4.78 is 38.4. The smallest absolute Gasteiger partial charge is 0.430 e. The summed E-state index contributed by atoms with van der Waals surface area (Å²) in [5.41, 5.74) is 0. The van der Waals surface area contributed by atoms with Crippen molar-refractivity contribution in [2.45, 2.75) is 91.2 Å². The second-order valence-electron chi connectivity index (χ2n) is 7.83. The Morgan fingerprint density at radius 3 is 1.67 bits per heavy atom. The van der Waals surface area contributed by atoms with E-state index in [0.29, 0.717) is 6.61 Å². The number of quaternary nitrogens is 1. The van der Waals surface area contributed by atoms with E-state index in [4.69, 9.17) is 19.7 Å². The zero-order valence-electron chi connectivity index (χ0n) is 19.3. The maximum Gasteiger partial charge on any atom is 0.430 e. The monoisotopic (exact) mass is 443 g/mol. The molecule has 5 nitrogen and oxygen atoms in total. The lowest BCUT2D eigenvalue weighted by atomic mass is 10.1. The maximum atomic E-state index is 10.5. The van der Waals surface area contributed by atoms with Crippen molar-refractivity contribution in [1.29, 1.82) is 0 Å². The van der Waals surface area contributed by atoms with Crippen LogP contribution in [0.5, 0.6) is 0 Å². The molecule has 0 aromatic carbocycles. The number of ether oxygens (including phenoxy) is 1. The minimum Gasteiger partial charge on any atom is -0.542 e. The van der Waals surface area contributed by atoms with Gasteiger partial charge in [0, 0.05) is 0 Å². The van der Waals surface area contributed by atoms with E-state index in [2.05, 4.69) is 20.8 Å². The summed E-state index contributed by atoms with van der Waals surface area (Å²) in [5, 5.41) is 17.7. The molecule has 0 unspecified atom stereocenters. The average molecular weight is 444 g/mol. The number of unbranched alkanes of at least 4 members (excludes halogenated alkanes) is 7. The zero-order valence-corrected chi connectivity index (χ0v) is 19.3. The van der Waals surface area contributed by atoms with Gasteiger partial charge >= 0.3 is 6.18 Å². The molecule has 0 heterocycles. The van der Waals surface area contributed by atoms with Gasteiger partial charge in [0.15, 0.2) is 0 Å². The SMILES string of the molecule is CCCCCCCC[N+](CCCC)(CCCC)CCOCCO.O=C([O-])C(F)(F)F. The number of rotatable bonds is 18. The summed E-state index contributed by atoms with van der Waals surface area (Å²) in [4.78, 5) is 8.78. The molecule has 30 heavy (non-hydrogen) atoms. The number of aliphatic carboxylic acids is 1. The zero-order chi connectivity index (χ0) is 23.3. The first-order chi connectivity index (χ1) is 14.2. The molecule has 0 rings (SSSR count). The largest absolute Gasteiger partial charge is 0.542 e. The first-order valence-electron chi connectivity index (χ1n) is 11.5. The molecule has 0 amide bonds. The van der Waals surface area contributed by atoms with E-state index in [1.165, 1.54) is 88.3 Å². The van der Waals surface area contributed by atoms with E-state index in [9.17, 15) is 13.2 Å². The summed E-state index contributed by atoms with van der Waals surface area (Å²) in [7, 11) is 0. The lowest BCUT2D eigenvalue weighted by Crippen LogP contribution is -2.52. The number of carboxylic acid groups (broad SMARTS) is 1. The Bertz CT molecular complexity index is 385. The first-order valence-corrected chi connectivity index (χ1v) is 11.5. The lowest BCUT2D eigenvalue weighted by molar-refractivity contribution is -0.929. The van der Waals surface area contributed by atoms with Crippen LogP contribution < -0.4 is 5.11 Å². The summed E-state index contributed by atoms with van der Waals surface area (Å²) in [6.45, 7) is 13.3. The molecule has 0 fully saturated rings. The predicted octanol–water partition coefficient (Wildman–Crippen LogP) is 4.07. The van der Waals surface area contributed by atoms with Crippen LogP contribution >= 0.6 is 0 Å². The number of hydrogen-bond acceptors (Lipinski definition) is 4. The van der Waals surface area contributed by atoms with Gasteiger partial charge in [0.25, 0.3) is 0 Å². The second kappa shape index (κ2) is 20.1. The Kier molecular flexibility index (Phi) is 21.0. The van der Waals surface area contributed by atoms with Gasteiger partial charge in [-0.2, -0.15) is 13.2 Å². The maximum absolute atomic E-state index is 10.5. The minimum absolute atomic E-state index is 0.140. The number of carbonyl (C=O) groups is 1. The summed E-state index contributed by atoms with van der Waals surface area (Å²) in [6.07, 6.45) is 8.26. The van der Waals surface area contributed by atoms with E-state index in [1.807, 2.05) is 0 Å². The number of halogens is 3. The fraction of sp³-hybridized carbons (Fsp3) is 0.955. The summed E-state index contributed by atoms with van der Waals surface area (Å²) in [5.74, 6) is -3.01. The van der Waals surface area contributed by atoms with Crippen molar-refractivity contribution in [3.05, 3.63) is 0 Å². The molecule has 0 spiro atoms. The van der Waals surface area contributed by atoms with Gasteiger partial charge in [0.2, 0.25) is 0 Å². The van der Waals surface area contributed by atoms with Crippen LogP contribution in [0.3, 0.4) is 0 Å². The van der Waals surface area contributed by atoms with Crippen LogP contribution in [0, 0.1) is 0 Å². The van der Waals surface area contributed by atoms with Crippen LogP contribution in [0.1, 0.15) is 85.0 Å². The topological polar surface area (TPSA) is 69.6 Å². The van der Waals surface area contributed by atoms with Crippen molar-refractivity contribution < 1.29 is 37.4 Å². The van der Waals surface area contributed by atoms with E-state index >= 15 is 0 Å². The van der Waals surface area contributed by atoms with Gasteiger partial charge in [-0.25, -0.2) is 0 Å². The molecule has 0 atom stereocenters. The van der Waals surface area contributed by atoms with Crippen molar-refractivity contribution >= 4 is 5.97 Å². The molecule has 0 saturated heterocycles. The highest BCUT2D eigenvalue weighted by atomic mass is 19.4. The van der Waals surface area contributed by atoms with Gasteiger partial charge in [0.1, 0.15) is 12.5 Å². The molecule has 0 aromatic rings. The Morgan fingerprint density at radius 2 is 1.23 bits per heavy atom. The van der Waals surface area contributed by atoms with Gasteiger partial charge in [-0.3, -0.25) is 0 Å². The second-order valence-corrected chi connectivity index (χ2v) is 7.83. The van der Waals surface area contributed by atoms with Crippen molar-refractivity contribution in [3.8, 4) is 0 Å². The van der Waals surface area contributed by atoms with E-state index in [1.54, 1.807) is 0 Å². The predicted molar refractivity (Wildman–Crippen MR) is 112 cm³/mol. The number of aliphatic hydroxyl groups is 1. The number of hydrogen-bond donors (Lipinski definition) is 1. The van der Waals surface area contributed by atoms with Crippen LogP contribution in [0.15, 0.2) is 0 Å². The molecule has 1 N–H and O–H groups in total. The fourth-order valence-corrected chi connectivity index (χ4v) is 3.31. The highest BCUT2D eigenvalue weighted by Gasteiger charge is 2.29. The molecule has 0 aliphatic carbocycles. The Labute approximate surface area is 181 Å². The standard InChI is InChI=1S/C20H44NO2.C2HF3O2/c1-4-7-10-11-12-13-16-21(14-8-5-2,15-9-6-3)17-19-23-20-18-22;3-2(4,5)1(6)7/h22H,4-20H2,1-3H3;(H,6,7)/q+1;/p-1. The van der Waals surface area contributed by atoms with E-state index in [0.717, 1.165) is 13.2 Å². The van der Waals surface area contributed by atoms with Crippen LogP contribution in [0.25, 0.3) is 0 Å². The summed E-state index contributed by atoms with van der Waals surface area (Å²) >= 11 is 0. The fourth-order valence-electron chi connectivity index (χ4n) is 3.31. The van der Waals surface area contributed by atoms with Crippen molar-refractivity contribution in [3.63, 3.8) is 0 Å². The number of carboxylic acids is 1. The highest BCUT2D eigenvalue weighted by molar-refractivity contribution is 5.70. The van der Waals surface area contributed by atoms with Crippen molar-refractivity contribution in [2.75, 3.05) is 46.0 Å². The molecule has 182 valence electrons. The van der Waals surface area contributed by atoms with Crippen LogP contribution in [-0.2, 0) is 9.53 Å². The van der Waals surface area contributed by atoms with Gasteiger partial charge in [-0.1, -0.05) is 59.3 Å². The van der Waals surface area contributed by atoms with Gasteiger partial charge in [-0.15, -0.1) is 0 Å². The highest BCUT2D eigenvalue weighted by Crippen LogP contribution is 2.16. The number of carbonyl (C=O) groups excluding carboxylic acids is 1. The van der Waals surface area contributed by atoms with Gasteiger partial charge < -0.3 is 24.2 Å². The normalized spacial score (nSPS) is 11.8. The Balaban J connectivity index is 0. The molecule has 0 saturated carbocycles. The third kappa shape index (κ3) is 19.1. The quantitative estimate of drug-likeness (QED) is 0.256. The lowest BCUT2D eigenvalue weighted by Gasteiger charge is -2.39. The molecule has 0 aliphatic heterocycles. The van der Waals surface area contributed by atoms with Crippen molar-refractivity contribution in [2.24, 2.45) is 0 Å². The van der Waals surface area contributed by atoms with E-state index in [-0.39, 0.29) is 6.61 Å². The van der Waals surface area contributed by atoms with Crippen LogP contribution in [0.2, 0.25) is 0 Å². The van der Waals surface area contributed by atoms with Crippen molar-refractivity contribution in [1.82, 2.24) is 0 Å². The number of alkyl halides is 3. The third-order valence-electron chi connectivity index (χ3n) is 5.14. The number of aliphatic hydroxyl groups excluding tert-OH is 1. The van der Waals surface area contributed by atoms with Crippen LogP contribution in [0.4, 0.5) is 13.2 Å². The minimum atomic E-state index is -5.19. The third-order valence-corrected chi connectivity index (χ3v) is 5.14. The molecular formula is C22H44F3NO4. The average Bonchev–Trinajstić information content (AvgIpc) is 2.70. The molecule has 0 aliphatic rings. The molecule has 8 heteroatoms. The van der Waals surface area contributed by atoms with Gasteiger partial charge in [-0.05, 0) is 25.7 Å². The molecule has 0 radical (unpaired) electrons. The van der Waals surface area contributed by atoms with Crippen LogP contribution in [-0.4, -0.2) is 67.7 Å². The molecule has 0 aromatic heterocycles. The molecular weight excluding hydrogens is 399 g/mol. The van der Waals surface area contributed by atoms with E-state index < -0.39 is 12.1 Å². The van der Waals surface area contributed by atoms with Gasteiger partial charge in [0.05, 0.1) is 39.5 Å². The molecule has 0 bridgehead atoms. The Hall–Kier alpha value is -0.860. The number of nitrogens with zero attached hydrogens (tertiary/aromatic N) is 1. The Morgan fingerprint density at radius 1 is 0.800 bits per heavy atom.